The zero-order valence-electron chi connectivity index (χ0n) is 4.85. The molecule has 1 heterocycles. The summed E-state index contributed by atoms with van der Waals surface area (Å²) in [4.78, 5) is 0. The summed E-state index contributed by atoms with van der Waals surface area (Å²) in [6, 6.07) is 1.61. The first-order valence-corrected chi connectivity index (χ1v) is 2.58. The van der Waals surface area contributed by atoms with Crippen molar-refractivity contribution < 1.29 is 4.39 Å². The van der Waals surface area contributed by atoms with Crippen LogP contribution in [0.5, 0.6) is 0 Å². The lowest BCUT2D eigenvalue weighted by atomic mass is 10.1. The molecular formula is C5H8ClFN2. The number of rotatable bonds is 0. The van der Waals surface area contributed by atoms with Crippen LogP contribution in [0.2, 0.25) is 0 Å². The van der Waals surface area contributed by atoms with Crippen molar-refractivity contribution in [3.05, 3.63) is 0 Å². The summed E-state index contributed by atoms with van der Waals surface area (Å²) in [5.41, 5.74) is -1.57. The third-order valence-electron chi connectivity index (χ3n) is 1.30. The highest BCUT2D eigenvalue weighted by Crippen LogP contribution is 2.17. The van der Waals surface area contributed by atoms with Gasteiger partial charge in [0.1, 0.15) is 6.07 Å². The van der Waals surface area contributed by atoms with Gasteiger partial charge in [0.15, 0.2) is 0 Å². The molecule has 9 heavy (non-hydrogen) atoms. The average Bonchev–Trinajstić information content (AvgIpc) is 2.17. The van der Waals surface area contributed by atoms with Crippen molar-refractivity contribution >= 4 is 12.4 Å². The molecule has 0 radical (unpaired) electrons. The number of nitrogens with zero attached hydrogens (tertiary/aromatic N) is 1. The molecule has 1 saturated heterocycles. The zero-order valence-corrected chi connectivity index (χ0v) is 5.67. The monoisotopic (exact) mass is 150 g/mol. The highest BCUT2D eigenvalue weighted by Gasteiger charge is 2.32. The highest BCUT2D eigenvalue weighted by molar-refractivity contribution is 5.85. The van der Waals surface area contributed by atoms with Gasteiger partial charge in [0.05, 0.1) is 0 Å². The van der Waals surface area contributed by atoms with E-state index in [9.17, 15) is 4.39 Å². The van der Waals surface area contributed by atoms with Crippen LogP contribution >= 0.6 is 12.4 Å². The Morgan fingerprint density at radius 1 is 1.67 bits per heavy atom. The minimum Gasteiger partial charge on any atom is -0.312 e. The second kappa shape index (κ2) is 3.00. The van der Waals surface area contributed by atoms with Gasteiger partial charge in [-0.1, -0.05) is 0 Å². The Balaban J connectivity index is 0.000000640. The van der Waals surface area contributed by atoms with Crippen molar-refractivity contribution in [1.82, 2.24) is 5.32 Å². The summed E-state index contributed by atoms with van der Waals surface area (Å²) < 4.78 is 12.6. The maximum atomic E-state index is 12.6. The molecule has 1 aliphatic rings. The molecule has 1 aliphatic heterocycles. The molecule has 0 saturated carbocycles. The van der Waals surface area contributed by atoms with Crippen LogP contribution < -0.4 is 5.32 Å². The van der Waals surface area contributed by atoms with Crippen LogP contribution in [-0.2, 0) is 0 Å². The first kappa shape index (κ1) is 8.67. The maximum absolute atomic E-state index is 12.6. The molecule has 0 aliphatic carbocycles. The Morgan fingerprint density at radius 3 is 2.56 bits per heavy atom. The molecule has 0 amide bonds. The van der Waals surface area contributed by atoms with Gasteiger partial charge >= 0.3 is 0 Å². The summed E-state index contributed by atoms with van der Waals surface area (Å²) in [7, 11) is 0. The smallest absolute Gasteiger partial charge is 0.209 e. The molecule has 2 nitrogen and oxygen atoms in total. The fraction of sp³-hybridized carbons (Fsp3) is 0.800. The molecule has 4 heteroatoms. The van der Waals surface area contributed by atoms with Gasteiger partial charge in [-0.05, 0) is 6.54 Å². The number of alkyl halides is 1. The largest absolute Gasteiger partial charge is 0.312 e. The van der Waals surface area contributed by atoms with E-state index in [0.29, 0.717) is 13.0 Å². The fourth-order valence-electron chi connectivity index (χ4n) is 0.757. The van der Waals surface area contributed by atoms with Crippen LogP contribution in [0, 0.1) is 11.3 Å². The van der Waals surface area contributed by atoms with E-state index in [1.807, 2.05) is 0 Å². The van der Waals surface area contributed by atoms with Crippen LogP contribution in [0.3, 0.4) is 0 Å². The lowest BCUT2D eigenvalue weighted by Gasteiger charge is -2.03. The standard InChI is InChI=1S/C5H7FN2.ClH/c6-5(3-7)1-2-8-4-5;/h8H,1-2,4H2;1H. The molecule has 1 rings (SSSR count). The number of halogens is 2. The zero-order chi connectivity index (χ0) is 6.04. The summed E-state index contributed by atoms with van der Waals surface area (Å²) >= 11 is 0. The van der Waals surface area contributed by atoms with Gasteiger partial charge in [-0.2, -0.15) is 5.26 Å². The normalized spacial score (nSPS) is 32.9. The molecule has 0 aromatic heterocycles. The van der Waals surface area contributed by atoms with Crippen molar-refractivity contribution in [2.45, 2.75) is 12.1 Å². The Kier molecular flexibility index (Phi) is 2.89. The van der Waals surface area contributed by atoms with Gasteiger partial charge in [-0.3, -0.25) is 0 Å². The van der Waals surface area contributed by atoms with Gasteiger partial charge < -0.3 is 5.32 Å². The third-order valence-corrected chi connectivity index (χ3v) is 1.30. The predicted octanol–water partition coefficient (Wildman–Crippen LogP) is 0.633. The summed E-state index contributed by atoms with van der Waals surface area (Å²) in [5, 5.41) is 10.9. The van der Waals surface area contributed by atoms with E-state index >= 15 is 0 Å². The topological polar surface area (TPSA) is 35.8 Å². The average molecular weight is 151 g/mol. The Bertz CT molecular complexity index is 125. The van der Waals surface area contributed by atoms with Crippen molar-refractivity contribution in [3.8, 4) is 6.07 Å². The van der Waals surface area contributed by atoms with E-state index in [1.165, 1.54) is 0 Å². The molecule has 1 fully saturated rings. The van der Waals surface area contributed by atoms with Crippen LogP contribution in [0.15, 0.2) is 0 Å². The van der Waals surface area contributed by atoms with E-state index in [4.69, 9.17) is 5.26 Å². The van der Waals surface area contributed by atoms with Crippen molar-refractivity contribution in [3.63, 3.8) is 0 Å². The second-order valence-electron chi connectivity index (χ2n) is 2.00. The number of hydrogen-bond donors (Lipinski definition) is 1. The van der Waals surface area contributed by atoms with Gasteiger partial charge in [-0.25, -0.2) is 4.39 Å². The van der Waals surface area contributed by atoms with Gasteiger partial charge in [0.25, 0.3) is 0 Å². The molecule has 0 spiro atoms. The van der Waals surface area contributed by atoms with Crippen LogP contribution in [0.4, 0.5) is 4.39 Å². The molecule has 0 aromatic carbocycles. The fourth-order valence-corrected chi connectivity index (χ4v) is 0.757. The molecule has 0 bridgehead atoms. The summed E-state index contributed by atoms with van der Waals surface area (Å²) in [6.07, 6.45) is 0.337. The molecular weight excluding hydrogens is 143 g/mol. The van der Waals surface area contributed by atoms with Gasteiger partial charge in [0, 0.05) is 13.0 Å². The highest BCUT2D eigenvalue weighted by atomic mass is 35.5. The maximum Gasteiger partial charge on any atom is 0.209 e. The lowest BCUT2D eigenvalue weighted by molar-refractivity contribution is 0.268. The van der Waals surface area contributed by atoms with Crippen LogP contribution in [-0.4, -0.2) is 18.8 Å². The second-order valence-corrected chi connectivity index (χ2v) is 2.00. The van der Waals surface area contributed by atoms with Gasteiger partial charge in [-0.15, -0.1) is 12.4 Å². The van der Waals surface area contributed by atoms with Crippen LogP contribution in [0.1, 0.15) is 6.42 Å². The first-order chi connectivity index (χ1) is 3.77. The quantitative estimate of drug-likeness (QED) is 0.550. The Hall–Kier alpha value is -0.330. The number of nitriles is 1. The predicted molar refractivity (Wildman–Crippen MR) is 34.2 cm³/mol. The lowest BCUT2D eigenvalue weighted by Crippen LogP contribution is -2.22. The minimum absolute atomic E-state index is 0. The molecule has 52 valence electrons. The van der Waals surface area contributed by atoms with E-state index in [2.05, 4.69) is 5.32 Å². The van der Waals surface area contributed by atoms with E-state index in [1.54, 1.807) is 6.07 Å². The molecule has 1 atom stereocenters. The van der Waals surface area contributed by atoms with Gasteiger partial charge in [0.2, 0.25) is 5.67 Å². The number of hydrogen-bond acceptors (Lipinski definition) is 2. The first-order valence-electron chi connectivity index (χ1n) is 2.58. The van der Waals surface area contributed by atoms with E-state index in [0.717, 1.165) is 0 Å². The number of nitrogens with one attached hydrogen (secondary N) is 1. The molecule has 0 aromatic rings. The molecule has 1 N–H and O–H groups in total. The van der Waals surface area contributed by atoms with Crippen molar-refractivity contribution in [1.29, 1.82) is 5.26 Å². The van der Waals surface area contributed by atoms with Crippen molar-refractivity contribution in [2.75, 3.05) is 13.1 Å². The Labute approximate surface area is 59.5 Å². The van der Waals surface area contributed by atoms with E-state index < -0.39 is 5.67 Å². The Morgan fingerprint density at radius 2 is 2.33 bits per heavy atom. The van der Waals surface area contributed by atoms with E-state index in [-0.39, 0.29) is 19.0 Å². The SMILES string of the molecule is Cl.N#CC1(F)CCNC1. The summed E-state index contributed by atoms with van der Waals surface area (Å²) in [5.74, 6) is 0. The third kappa shape index (κ3) is 1.81. The summed E-state index contributed by atoms with van der Waals surface area (Å²) in [6.45, 7) is 0.827. The molecule has 1 unspecified atom stereocenters. The van der Waals surface area contributed by atoms with Crippen molar-refractivity contribution in [2.24, 2.45) is 0 Å². The minimum atomic E-state index is -1.57. The van der Waals surface area contributed by atoms with Crippen LogP contribution in [0.25, 0.3) is 0 Å².